The highest BCUT2D eigenvalue weighted by atomic mass is 19.1. The molecule has 0 unspecified atom stereocenters. The van der Waals surface area contributed by atoms with Crippen molar-refractivity contribution in [3.8, 4) is 5.75 Å². The van der Waals surface area contributed by atoms with Crippen LogP contribution in [0.4, 0.5) is 4.39 Å². The lowest BCUT2D eigenvalue weighted by atomic mass is 10.2. The molecule has 0 aliphatic rings. The molecule has 0 fully saturated rings. The van der Waals surface area contributed by atoms with Gasteiger partial charge in [0.15, 0.2) is 0 Å². The van der Waals surface area contributed by atoms with Crippen molar-refractivity contribution in [3.63, 3.8) is 0 Å². The molecule has 0 atom stereocenters. The number of aromatic nitrogens is 1. The second-order valence-corrected chi connectivity index (χ2v) is 4.28. The van der Waals surface area contributed by atoms with Gasteiger partial charge in [-0.3, -0.25) is 4.98 Å². The zero-order valence-electron chi connectivity index (χ0n) is 10.2. The quantitative estimate of drug-likeness (QED) is 0.705. The number of nitrogens with zero attached hydrogens (tertiary/aromatic N) is 1. The van der Waals surface area contributed by atoms with Crippen molar-refractivity contribution in [1.29, 1.82) is 0 Å². The minimum absolute atomic E-state index is 0.252. The van der Waals surface area contributed by atoms with Crippen LogP contribution >= 0.6 is 0 Å². The lowest BCUT2D eigenvalue weighted by molar-refractivity contribution is 0.305. The lowest BCUT2D eigenvalue weighted by Gasteiger charge is -2.07. The van der Waals surface area contributed by atoms with Gasteiger partial charge < -0.3 is 4.74 Å². The molecule has 0 radical (unpaired) electrons. The van der Waals surface area contributed by atoms with E-state index in [0.29, 0.717) is 12.4 Å². The van der Waals surface area contributed by atoms with Gasteiger partial charge in [-0.25, -0.2) is 4.39 Å². The summed E-state index contributed by atoms with van der Waals surface area (Å²) in [6, 6.07) is 16.2. The van der Waals surface area contributed by atoms with Crippen LogP contribution in [0.2, 0.25) is 0 Å². The number of hydrogen-bond donors (Lipinski definition) is 0. The van der Waals surface area contributed by atoms with Crippen molar-refractivity contribution >= 4 is 10.9 Å². The van der Waals surface area contributed by atoms with E-state index < -0.39 is 0 Å². The highest BCUT2D eigenvalue weighted by Crippen LogP contribution is 2.19. The molecule has 0 saturated heterocycles. The van der Waals surface area contributed by atoms with Crippen LogP contribution in [0.25, 0.3) is 10.9 Å². The van der Waals surface area contributed by atoms with E-state index in [9.17, 15) is 4.39 Å². The highest BCUT2D eigenvalue weighted by molar-refractivity contribution is 5.79. The van der Waals surface area contributed by atoms with Gasteiger partial charge in [-0.05, 0) is 29.8 Å². The summed E-state index contributed by atoms with van der Waals surface area (Å²) in [6.45, 7) is 0.331. The molecular weight excluding hydrogens is 241 g/mol. The molecule has 1 heterocycles. The lowest BCUT2D eigenvalue weighted by Crippen LogP contribution is -1.96. The average molecular weight is 253 g/mol. The molecule has 3 aromatic rings. The van der Waals surface area contributed by atoms with Crippen LogP contribution in [0.3, 0.4) is 0 Å². The predicted molar refractivity (Wildman–Crippen MR) is 72.5 cm³/mol. The van der Waals surface area contributed by atoms with Crippen molar-refractivity contribution in [3.05, 3.63) is 72.2 Å². The fraction of sp³-hybridized carbons (Fsp3) is 0.0625. The van der Waals surface area contributed by atoms with Crippen molar-refractivity contribution in [2.75, 3.05) is 0 Å². The van der Waals surface area contributed by atoms with E-state index in [1.165, 1.54) is 12.1 Å². The van der Waals surface area contributed by atoms with Crippen molar-refractivity contribution in [2.24, 2.45) is 0 Å². The molecule has 0 aliphatic heterocycles. The number of para-hydroxylation sites is 1. The van der Waals surface area contributed by atoms with Crippen LogP contribution in [-0.4, -0.2) is 4.98 Å². The van der Waals surface area contributed by atoms with E-state index >= 15 is 0 Å². The molecule has 3 rings (SSSR count). The Hall–Kier alpha value is -2.42. The number of pyridine rings is 1. The van der Waals surface area contributed by atoms with Gasteiger partial charge in [0.25, 0.3) is 0 Å². The van der Waals surface area contributed by atoms with Gasteiger partial charge in [0.05, 0.1) is 11.7 Å². The van der Waals surface area contributed by atoms with Gasteiger partial charge in [-0.1, -0.05) is 30.3 Å². The van der Waals surface area contributed by atoms with E-state index in [-0.39, 0.29) is 5.82 Å². The smallest absolute Gasteiger partial charge is 0.138 e. The summed E-state index contributed by atoms with van der Waals surface area (Å²) in [7, 11) is 0. The molecule has 94 valence electrons. The molecule has 2 nitrogen and oxygen atoms in total. The van der Waals surface area contributed by atoms with Gasteiger partial charge in [-0.15, -0.1) is 0 Å². The van der Waals surface area contributed by atoms with E-state index in [1.807, 2.05) is 36.4 Å². The molecule has 0 N–H and O–H groups in total. The number of benzene rings is 2. The molecule has 19 heavy (non-hydrogen) atoms. The zero-order chi connectivity index (χ0) is 13.1. The first-order valence-corrected chi connectivity index (χ1v) is 6.03. The van der Waals surface area contributed by atoms with Crippen LogP contribution in [-0.2, 0) is 6.61 Å². The molecule has 0 bridgehead atoms. The topological polar surface area (TPSA) is 22.1 Å². The van der Waals surface area contributed by atoms with Crippen LogP contribution in [0, 0.1) is 5.82 Å². The fourth-order valence-corrected chi connectivity index (χ4v) is 1.92. The molecule has 2 aromatic carbocycles. The van der Waals surface area contributed by atoms with Crippen LogP contribution in [0.1, 0.15) is 5.56 Å². The minimum atomic E-state index is -0.252. The molecule has 0 aliphatic carbocycles. The van der Waals surface area contributed by atoms with Gasteiger partial charge >= 0.3 is 0 Å². The SMILES string of the molecule is Fc1cccc(COc2cnc3ccccc3c2)c1. The first-order valence-electron chi connectivity index (χ1n) is 6.03. The Labute approximate surface area is 110 Å². The minimum Gasteiger partial charge on any atom is -0.487 e. The van der Waals surface area contributed by atoms with Gasteiger partial charge in [0, 0.05) is 5.39 Å². The maximum Gasteiger partial charge on any atom is 0.138 e. The Kier molecular flexibility index (Phi) is 3.11. The molecular formula is C16H12FNO. The van der Waals surface area contributed by atoms with Crippen molar-refractivity contribution in [2.45, 2.75) is 6.61 Å². The van der Waals surface area contributed by atoms with Crippen molar-refractivity contribution < 1.29 is 9.13 Å². The van der Waals surface area contributed by atoms with Gasteiger partial charge in [0.2, 0.25) is 0 Å². The summed E-state index contributed by atoms with van der Waals surface area (Å²) in [6.07, 6.45) is 1.68. The van der Waals surface area contributed by atoms with Crippen molar-refractivity contribution in [1.82, 2.24) is 4.98 Å². The third-order valence-corrected chi connectivity index (χ3v) is 2.86. The zero-order valence-corrected chi connectivity index (χ0v) is 10.2. The number of fused-ring (bicyclic) bond motifs is 1. The number of ether oxygens (including phenoxy) is 1. The third-order valence-electron chi connectivity index (χ3n) is 2.86. The normalized spacial score (nSPS) is 10.6. The van der Waals surface area contributed by atoms with Crippen LogP contribution in [0.5, 0.6) is 5.75 Å². The van der Waals surface area contributed by atoms with Gasteiger partial charge in [-0.2, -0.15) is 0 Å². The second kappa shape index (κ2) is 5.06. The summed E-state index contributed by atoms with van der Waals surface area (Å²) < 4.78 is 18.7. The maximum atomic E-state index is 13.0. The Bertz CT molecular complexity index is 712. The maximum absolute atomic E-state index is 13.0. The summed E-state index contributed by atoms with van der Waals surface area (Å²) in [5, 5.41) is 1.03. The van der Waals surface area contributed by atoms with Gasteiger partial charge in [0.1, 0.15) is 18.2 Å². The summed E-state index contributed by atoms with van der Waals surface area (Å²) >= 11 is 0. The third kappa shape index (κ3) is 2.71. The Morgan fingerprint density at radius 2 is 1.89 bits per heavy atom. The Balaban J connectivity index is 1.78. The largest absolute Gasteiger partial charge is 0.487 e. The first kappa shape index (κ1) is 11.7. The Morgan fingerprint density at radius 1 is 1.00 bits per heavy atom. The standard InChI is InChI=1S/C16H12FNO/c17-14-6-3-4-12(8-14)11-19-15-9-13-5-1-2-7-16(13)18-10-15/h1-10H,11H2. The first-order chi connectivity index (χ1) is 9.31. The molecule has 0 saturated carbocycles. The number of halogens is 1. The van der Waals surface area contributed by atoms with E-state index in [4.69, 9.17) is 4.74 Å². The summed E-state index contributed by atoms with van der Waals surface area (Å²) in [5.41, 5.74) is 1.73. The van der Waals surface area contributed by atoms with Crippen LogP contribution in [0.15, 0.2) is 60.8 Å². The summed E-state index contributed by atoms with van der Waals surface area (Å²) in [5.74, 6) is 0.431. The molecule has 0 spiro atoms. The number of rotatable bonds is 3. The van der Waals surface area contributed by atoms with Crippen LogP contribution < -0.4 is 4.74 Å². The highest BCUT2D eigenvalue weighted by Gasteiger charge is 2.00. The fourth-order valence-electron chi connectivity index (χ4n) is 1.92. The predicted octanol–water partition coefficient (Wildman–Crippen LogP) is 3.95. The number of hydrogen-bond acceptors (Lipinski definition) is 2. The molecule has 3 heteroatoms. The van der Waals surface area contributed by atoms with E-state index in [2.05, 4.69) is 4.98 Å². The second-order valence-electron chi connectivity index (χ2n) is 4.28. The average Bonchev–Trinajstić information content (AvgIpc) is 2.45. The van der Waals surface area contributed by atoms with E-state index in [1.54, 1.807) is 12.3 Å². The Morgan fingerprint density at radius 3 is 2.79 bits per heavy atom. The monoisotopic (exact) mass is 253 g/mol. The molecule has 0 amide bonds. The summed E-state index contributed by atoms with van der Waals surface area (Å²) in [4.78, 5) is 4.31. The molecule has 1 aromatic heterocycles. The van der Waals surface area contributed by atoms with E-state index in [0.717, 1.165) is 16.5 Å².